The van der Waals surface area contributed by atoms with Gasteiger partial charge in [0.25, 0.3) is 0 Å². The van der Waals surface area contributed by atoms with Gasteiger partial charge in [-0.2, -0.15) is 0 Å². The van der Waals surface area contributed by atoms with Gasteiger partial charge in [0.05, 0.1) is 17.9 Å². The Labute approximate surface area is 263 Å². The molecule has 8 nitrogen and oxygen atoms in total. The van der Waals surface area contributed by atoms with Gasteiger partial charge in [-0.1, -0.05) is 78.2 Å². The normalized spacial score (nSPS) is 36.6. The fraction of sp³-hybridized carbons (Fsp3) is 0.694. The molecule has 1 aliphatic carbocycles. The summed E-state index contributed by atoms with van der Waals surface area (Å²) in [6.45, 7) is 13.2. The fourth-order valence-corrected chi connectivity index (χ4v) is 8.79. The van der Waals surface area contributed by atoms with Crippen LogP contribution < -0.4 is 10.6 Å². The summed E-state index contributed by atoms with van der Waals surface area (Å²) < 4.78 is 6.60. The molecule has 4 heterocycles. The SMILES string of the molecule is CC[C@@H]1CCCCN1CCN1C(=O)[C@H]2[C@H](C(=O)Nc3ccc(C(C)C)cc3)[C@H]3C=C[C@@]2(O3)[C@@H]1C(=O)N[C@@H]1CCC[C@@H](C)[C@@H]1C. The lowest BCUT2D eigenvalue weighted by molar-refractivity contribution is -0.142. The van der Waals surface area contributed by atoms with E-state index in [2.05, 4.69) is 50.2 Å². The van der Waals surface area contributed by atoms with E-state index in [4.69, 9.17) is 4.74 Å². The molecule has 44 heavy (non-hydrogen) atoms. The number of rotatable bonds is 9. The molecule has 2 bridgehead atoms. The summed E-state index contributed by atoms with van der Waals surface area (Å²) in [5.74, 6) is -0.634. The molecular weight excluding hydrogens is 552 g/mol. The molecular formula is C36H52N4O4. The third-order valence-corrected chi connectivity index (χ3v) is 11.7. The zero-order valence-corrected chi connectivity index (χ0v) is 27.3. The van der Waals surface area contributed by atoms with Gasteiger partial charge in [0.2, 0.25) is 17.7 Å². The van der Waals surface area contributed by atoms with Crippen LogP contribution in [-0.2, 0) is 19.1 Å². The summed E-state index contributed by atoms with van der Waals surface area (Å²) in [5.41, 5.74) is 0.766. The number of anilines is 1. The lowest BCUT2D eigenvalue weighted by Gasteiger charge is -2.39. The second kappa shape index (κ2) is 12.6. The van der Waals surface area contributed by atoms with Crippen LogP contribution in [0.25, 0.3) is 0 Å². The molecule has 5 aliphatic rings. The zero-order chi connectivity index (χ0) is 31.2. The molecule has 1 spiro atoms. The quantitative estimate of drug-likeness (QED) is 0.383. The minimum atomic E-state index is -1.13. The summed E-state index contributed by atoms with van der Waals surface area (Å²) in [4.78, 5) is 46.9. The van der Waals surface area contributed by atoms with E-state index in [9.17, 15) is 14.4 Å². The Morgan fingerprint density at radius 3 is 2.52 bits per heavy atom. The Morgan fingerprint density at radius 2 is 1.80 bits per heavy atom. The van der Waals surface area contributed by atoms with E-state index in [1.165, 1.54) is 24.8 Å². The number of amides is 3. The number of hydrogen-bond donors (Lipinski definition) is 2. The minimum Gasteiger partial charge on any atom is -0.359 e. The Balaban J connectivity index is 1.26. The van der Waals surface area contributed by atoms with E-state index in [0.29, 0.717) is 36.0 Å². The number of piperidine rings is 1. The standard InChI is InChI=1S/C36H52N4O4/c1-6-27-11-7-8-19-39(27)20-21-40-32(34(42)38-28-12-9-10-23(4)24(28)5)36-18-17-29(44-36)30(31(36)35(40)43)33(41)37-26-15-13-25(14-16-26)22(2)3/h13-18,22-24,27-32H,6-12,19-21H2,1-5H3,(H,37,41)(H,38,42)/t23-,24+,27-,28-,29-,30-,31-,32+,36+/m1/s1. The summed E-state index contributed by atoms with van der Waals surface area (Å²) in [6.07, 6.45) is 11.2. The second-order valence-corrected chi connectivity index (χ2v) is 14.5. The molecule has 1 aromatic carbocycles. The predicted octanol–water partition coefficient (Wildman–Crippen LogP) is 5.10. The number of ether oxygens (including phenoxy) is 1. The average Bonchev–Trinajstić information content (AvgIpc) is 3.66. The molecule has 8 heteroatoms. The van der Waals surface area contributed by atoms with Crippen molar-refractivity contribution in [3.63, 3.8) is 0 Å². The number of carbonyl (C=O) groups is 3. The van der Waals surface area contributed by atoms with Crippen molar-refractivity contribution in [2.24, 2.45) is 23.7 Å². The first kappa shape index (κ1) is 31.3. The van der Waals surface area contributed by atoms with Crippen molar-refractivity contribution in [3.8, 4) is 0 Å². The molecule has 2 N–H and O–H groups in total. The molecule has 0 unspecified atom stereocenters. The molecule has 4 fully saturated rings. The maximum atomic E-state index is 14.4. The summed E-state index contributed by atoms with van der Waals surface area (Å²) >= 11 is 0. The van der Waals surface area contributed by atoms with Crippen molar-refractivity contribution in [2.75, 3.05) is 25.0 Å². The molecule has 1 aromatic rings. The Morgan fingerprint density at radius 1 is 1.02 bits per heavy atom. The van der Waals surface area contributed by atoms with Crippen LogP contribution in [0.2, 0.25) is 0 Å². The van der Waals surface area contributed by atoms with Gasteiger partial charge >= 0.3 is 0 Å². The largest absolute Gasteiger partial charge is 0.359 e. The van der Waals surface area contributed by atoms with Gasteiger partial charge in [-0.3, -0.25) is 19.3 Å². The highest BCUT2D eigenvalue weighted by Crippen LogP contribution is 2.55. The summed E-state index contributed by atoms with van der Waals surface area (Å²) in [5, 5.41) is 6.44. The monoisotopic (exact) mass is 604 g/mol. The molecule has 3 amide bonds. The first-order chi connectivity index (χ1) is 21.1. The number of nitrogens with one attached hydrogen (secondary N) is 2. The Kier molecular flexibility index (Phi) is 8.95. The maximum absolute atomic E-state index is 14.4. The molecule has 9 atom stereocenters. The lowest BCUT2D eigenvalue weighted by Crippen LogP contribution is -2.58. The van der Waals surface area contributed by atoms with Crippen molar-refractivity contribution in [3.05, 3.63) is 42.0 Å². The van der Waals surface area contributed by atoms with Gasteiger partial charge < -0.3 is 20.3 Å². The second-order valence-electron chi connectivity index (χ2n) is 14.5. The average molecular weight is 605 g/mol. The van der Waals surface area contributed by atoms with Crippen LogP contribution in [0.1, 0.15) is 91.0 Å². The molecule has 3 saturated heterocycles. The molecule has 4 aliphatic heterocycles. The van der Waals surface area contributed by atoms with Crippen LogP contribution in [-0.4, -0.2) is 77.0 Å². The first-order valence-electron chi connectivity index (χ1n) is 17.3. The number of carbonyl (C=O) groups excluding carboxylic acids is 3. The van der Waals surface area contributed by atoms with Crippen LogP contribution in [0.4, 0.5) is 5.69 Å². The van der Waals surface area contributed by atoms with Gasteiger partial charge in [-0.25, -0.2) is 0 Å². The highest BCUT2D eigenvalue weighted by atomic mass is 16.5. The van der Waals surface area contributed by atoms with E-state index in [-0.39, 0.29) is 23.8 Å². The van der Waals surface area contributed by atoms with E-state index in [1.807, 2.05) is 36.4 Å². The van der Waals surface area contributed by atoms with E-state index in [0.717, 1.165) is 38.8 Å². The molecule has 0 radical (unpaired) electrons. The fourth-order valence-electron chi connectivity index (χ4n) is 8.79. The Hall–Kier alpha value is -2.71. The molecule has 6 rings (SSSR count). The topological polar surface area (TPSA) is 91.0 Å². The number of nitrogens with zero attached hydrogens (tertiary/aromatic N) is 2. The van der Waals surface area contributed by atoms with Crippen molar-refractivity contribution in [1.29, 1.82) is 0 Å². The van der Waals surface area contributed by atoms with Crippen LogP contribution in [0.3, 0.4) is 0 Å². The maximum Gasteiger partial charge on any atom is 0.246 e. The van der Waals surface area contributed by atoms with E-state index in [1.54, 1.807) is 4.90 Å². The van der Waals surface area contributed by atoms with Crippen molar-refractivity contribution < 1.29 is 19.1 Å². The van der Waals surface area contributed by atoms with Gasteiger partial charge in [-0.15, -0.1) is 0 Å². The van der Waals surface area contributed by atoms with Gasteiger partial charge in [0, 0.05) is 30.9 Å². The number of fused-ring (bicyclic) bond motifs is 1. The van der Waals surface area contributed by atoms with Gasteiger partial charge in [-0.05, 0) is 67.7 Å². The molecule has 240 valence electrons. The van der Waals surface area contributed by atoms with Crippen LogP contribution >= 0.6 is 0 Å². The highest BCUT2D eigenvalue weighted by Gasteiger charge is 2.72. The van der Waals surface area contributed by atoms with Crippen molar-refractivity contribution >= 4 is 23.4 Å². The summed E-state index contributed by atoms with van der Waals surface area (Å²) in [7, 11) is 0. The van der Waals surface area contributed by atoms with Gasteiger partial charge in [0.15, 0.2) is 0 Å². The van der Waals surface area contributed by atoms with Gasteiger partial charge in [0.1, 0.15) is 11.6 Å². The van der Waals surface area contributed by atoms with E-state index >= 15 is 0 Å². The number of likely N-dealkylation sites (tertiary alicyclic amines) is 2. The number of benzene rings is 1. The third kappa shape index (κ3) is 5.51. The van der Waals surface area contributed by atoms with Crippen LogP contribution in [0, 0.1) is 23.7 Å². The lowest BCUT2D eigenvalue weighted by atomic mass is 9.73. The van der Waals surface area contributed by atoms with E-state index < -0.39 is 29.6 Å². The first-order valence-corrected chi connectivity index (χ1v) is 17.3. The zero-order valence-electron chi connectivity index (χ0n) is 27.3. The Bertz CT molecular complexity index is 1260. The number of hydrogen-bond acceptors (Lipinski definition) is 5. The molecule has 1 saturated carbocycles. The minimum absolute atomic E-state index is 0.0701. The molecule has 0 aromatic heterocycles. The van der Waals surface area contributed by atoms with Crippen molar-refractivity contribution in [1.82, 2.24) is 15.1 Å². The summed E-state index contributed by atoms with van der Waals surface area (Å²) in [6, 6.07) is 7.67. The van der Waals surface area contributed by atoms with Crippen molar-refractivity contribution in [2.45, 2.75) is 115 Å². The third-order valence-electron chi connectivity index (χ3n) is 11.7. The predicted molar refractivity (Wildman–Crippen MR) is 172 cm³/mol. The van der Waals surface area contributed by atoms with Crippen LogP contribution in [0.5, 0.6) is 0 Å². The highest BCUT2D eigenvalue weighted by molar-refractivity contribution is 6.02. The smallest absolute Gasteiger partial charge is 0.246 e. The van der Waals surface area contributed by atoms with Crippen LogP contribution in [0.15, 0.2) is 36.4 Å².